The van der Waals surface area contributed by atoms with Gasteiger partial charge in [-0.05, 0) is 116 Å². The van der Waals surface area contributed by atoms with Gasteiger partial charge in [0.2, 0.25) is 0 Å². The highest BCUT2D eigenvalue weighted by Crippen LogP contribution is 2.17. The van der Waals surface area contributed by atoms with Crippen molar-refractivity contribution in [1.82, 2.24) is 0 Å². The minimum atomic E-state index is -0.801. The summed E-state index contributed by atoms with van der Waals surface area (Å²) in [6, 6.07) is 0. The predicted octanol–water partition coefficient (Wildman–Crippen LogP) is 24.2. The van der Waals surface area contributed by atoms with Gasteiger partial charge in [0.05, 0.1) is 0 Å². The van der Waals surface area contributed by atoms with Gasteiger partial charge in [-0.2, -0.15) is 0 Å². The van der Waals surface area contributed by atoms with Crippen molar-refractivity contribution < 1.29 is 28.6 Å². The topological polar surface area (TPSA) is 78.9 Å². The Balaban J connectivity index is 4.17. The second-order valence-electron chi connectivity index (χ2n) is 23.4. The summed E-state index contributed by atoms with van der Waals surface area (Å²) in [5, 5.41) is 0. The van der Waals surface area contributed by atoms with E-state index < -0.39 is 6.10 Å². The SMILES string of the molecule is CC/C=C\C/C=C\C/C=C\C/C=C\CCCCC(=O)OC(COC(=O)CCCCCCC/C=C\CCCCCCCC)COC(=O)CCCCCCCCCCCCCCCCCCCCCCC/C=C\C/C=C\CCCCCCC. The fraction of sp³-hybridized carbons (Fsp3) is 0.773. The number of rotatable bonds is 64. The van der Waals surface area contributed by atoms with Crippen molar-refractivity contribution in [1.29, 1.82) is 0 Å². The number of carbonyl (C=O) groups is 3. The van der Waals surface area contributed by atoms with Crippen molar-refractivity contribution in [3.63, 3.8) is 0 Å². The zero-order valence-electron chi connectivity index (χ0n) is 53.8. The Hall–Kier alpha value is -3.41. The lowest BCUT2D eigenvalue weighted by atomic mass is 10.0. The van der Waals surface area contributed by atoms with E-state index in [1.54, 1.807) is 0 Å². The molecule has 0 fully saturated rings. The second-order valence-corrected chi connectivity index (χ2v) is 23.4. The fourth-order valence-corrected chi connectivity index (χ4v) is 10.1. The van der Waals surface area contributed by atoms with Gasteiger partial charge in [-0.1, -0.05) is 305 Å². The van der Waals surface area contributed by atoms with E-state index in [0.29, 0.717) is 19.3 Å². The van der Waals surface area contributed by atoms with Crippen LogP contribution in [0.1, 0.15) is 355 Å². The standard InChI is InChI=1S/C75H132O6/c1-4-7-10-13-16-19-22-25-28-29-30-31-32-33-34-35-36-37-38-39-40-41-42-43-44-45-48-50-53-56-59-62-65-68-74(77)80-71-72(81-75(78)69-66-63-60-57-54-51-47-27-24-21-18-15-12-9-6-3)70-79-73(76)67-64-61-58-55-52-49-46-26-23-20-17-14-11-8-5-2/h9,12,18,21-22,25-27,29-30,46-47,54,57,72H,4-8,10-11,13-17,19-20,23-24,28,31-45,48-53,55-56,58-71H2,1-3H3/b12-9-,21-18-,25-22-,30-29-,46-26-,47-27-,57-54-. The van der Waals surface area contributed by atoms with Crippen LogP contribution >= 0.6 is 0 Å². The second kappa shape index (κ2) is 69.1. The summed E-state index contributed by atoms with van der Waals surface area (Å²) in [4.78, 5) is 38.3. The number of hydrogen-bond acceptors (Lipinski definition) is 6. The Morgan fingerprint density at radius 3 is 0.790 bits per heavy atom. The third-order valence-corrected chi connectivity index (χ3v) is 15.4. The normalized spacial score (nSPS) is 12.6. The molecule has 0 aromatic carbocycles. The van der Waals surface area contributed by atoms with Crippen LogP contribution in [0, 0.1) is 0 Å². The molecule has 0 rings (SSSR count). The number of hydrogen-bond donors (Lipinski definition) is 0. The van der Waals surface area contributed by atoms with Crippen LogP contribution in [-0.2, 0) is 28.6 Å². The summed E-state index contributed by atoms with van der Waals surface area (Å²) in [7, 11) is 0. The summed E-state index contributed by atoms with van der Waals surface area (Å²) >= 11 is 0. The van der Waals surface area contributed by atoms with E-state index in [9.17, 15) is 14.4 Å². The molecule has 0 saturated heterocycles. The average molecular weight is 1130 g/mol. The highest BCUT2D eigenvalue weighted by Gasteiger charge is 2.19. The van der Waals surface area contributed by atoms with E-state index in [1.807, 2.05) is 0 Å². The van der Waals surface area contributed by atoms with Crippen LogP contribution in [0.2, 0.25) is 0 Å². The molecule has 6 nitrogen and oxygen atoms in total. The molecule has 1 atom stereocenters. The molecule has 0 bridgehead atoms. The van der Waals surface area contributed by atoms with Crippen molar-refractivity contribution in [2.45, 2.75) is 361 Å². The minimum absolute atomic E-state index is 0.0928. The summed E-state index contributed by atoms with van der Waals surface area (Å²) < 4.78 is 16.9. The van der Waals surface area contributed by atoms with Crippen LogP contribution in [0.15, 0.2) is 85.1 Å². The van der Waals surface area contributed by atoms with E-state index >= 15 is 0 Å². The minimum Gasteiger partial charge on any atom is -0.462 e. The predicted molar refractivity (Wildman–Crippen MR) is 353 cm³/mol. The number of allylic oxidation sites excluding steroid dienone is 14. The summed E-state index contributed by atoms with van der Waals surface area (Å²) in [6.45, 7) is 6.51. The molecule has 0 spiro atoms. The van der Waals surface area contributed by atoms with Crippen LogP contribution in [0.25, 0.3) is 0 Å². The van der Waals surface area contributed by atoms with Gasteiger partial charge < -0.3 is 14.2 Å². The molecule has 0 aliphatic rings. The molecule has 0 aliphatic carbocycles. The smallest absolute Gasteiger partial charge is 0.306 e. The van der Waals surface area contributed by atoms with E-state index in [1.165, 1.54) is 218 Å². The van der Waals surface area contributed by atoms with Crippen molar-refractivity contribution >= 4 is 17.9 Å². The lowest BCUT2D eigenvalue weighted by molar-refractivity contribution is -0.167. The van der Waals surface area contributed by atoms with E-state index in [2.05, 4.69) is 106 Å². The zero-order valence-corrected chi connectivity index (χ0v) is 53.8. The number of esters is 3. The van der Waals surface area contributed by atoms with Gasteiger partial charge in [-0.3, -0.25) is 14.4 Å². The van der Waals surface area contributed by atoms with Crippen LogP contribution < -0.4 is 0 Å². The van der Waals surface area contributed by atoms with Crippen LogP contribution in [0.3, 0.4) is 0 Å². The first-order valence-electron chi connectivity index (χ1n) is 35.1. The maximum Gasteiger partial charge on any atom is 0.306 e. The first-order valence-corrected chi connectivity index (χ1v) is 35.1. The van der Waals surface area contributed by atoms with Gasteiger partial charge in [0, 0.05) is 19.3 Å². The molecule has 0 aromatic rings. The molecule has 0 amide bonds. The van der Waals surface area contributed by atoms with Crippen molar-refractivity contribution in [2.75, 3.05) is 13.2 Å². The molecule has 0 radical (unpaired) electrons. The largest absolute Gasteiger partial charge is 0.462 e. The molecule has 0 saturated carbocycles. The quantitative estimate of drug-likeness (QED) is 0.0261. The van der Waals surface area contributed by atoms with Gasteiger partial charge in [-0.15, -0.1) is 0 Å². The molecule has 0 aliphatic heterocycles. The van der Waals surface area contributed by atoms with Gasteiger partial charge >= 0.3 is 17.9 Å². The summed E-state index contributed by atoms with van der Waals surface area (Å²) in [5.41, 5.74) is 0. The Labute approximate surface area is 503 Å². The number of carbonyl (C=O) groups excluding carboxylic acids is 3. The third kappa shape index (κ3) is 67.3. The maximum atomic E-state index is 12.9. The molecule has 0 heterocycles. The Morgan fingerprint density at radius 2 is 0.481 bits per heavy atom. The molecule has 81 heavy (non-hydrogen) atoms. The monoisotopic (exact) mass is 1130 g/mol. The van der Waals surface area contributed by atoms with E-state index in [0.717, 1.165) is 89.9 Å². The van der Waals surface area contributed by atoms with Crippen LogP contribution in [0.4, 0.5) is 0 Å². The highest BCUT2D eigenvalue weighted by molar-refractivity contribution is 5.71. The summed E-state index contributed by atoms with van der Waals surface area (Å²) in [5.74, 6) is -0.928. The number of ether oxygens (including phenoxy) is 3. The van der Waals surface area contributed by atoms with Crippen molar-refractivity contribution in [2.24, 2.45) is 0 Å². The molecular formula is C75H132O6. The maximum absolute atomic E-state index is 12.9. The van der Waals surface area contributed by atoms with Crippen LogP contribution in [0.5, 0.6) is 0 Å². The van der Waals surface area contributed by atoms with Gasteiger partial charge in [0.1, 0.15) is 13.2 Å². The summed E-state index contributed by atoms with van der Waals surface area (Å²) in [6.07, 6.45) is 92.0. The molecule has 0 N–H and O–H groups in total. The molecule has 6 heteroatoms. The molecule has 1 unspecified atom stereocenters. The van der Waals surface area contributed by atoms with E-state index in [-0.39, 0.29) is 37.5 Å². The van der Waals surface area contributed by atoms with Crippen molar-refractivity contribution in [3.8, 4) is 0 Å². The van der Waals surface area contributed by atoms with Gasteiger partial charge in [0.15, 0.2) is 6.10 Å². The lowest BCUT2D eigenvalue weighted by Gasteiger charge is -2.18. The fourth-order valence-electron chi connectivity index (χ4n) is 10.1. The highest BCUT2D eigenvalue weighted by atomic mass is 16.6. The molecule has 0 aromatic heterocycles. The molecular weight excluding hydrogens is 997 g/mol. The zero-order chi connectivity index (χ0) is 58.5. The van der Waals surface area contributed by atoms with Crippen molar-refractivity contribution in [3.05, 3.63) is 85.1 Å². The molecule has 468 valence electrons. The average Bonchev–Trinajstić information content (AvgIpc) is 3.47. The van der Waals surface area contributed by atoms with Gasteiger partial charge in [0.25, 0.3) is 0 Å². The first-order chi connectivity index (χ1) is 40.0. The van der Waals surface area contributed by atoms with Gasteiger partial charge in [-0.25, -0.2) is 0 Å². The Morgan fingerprint density at radius 1 is 0.259 bits per heavy atom. The third-order valence-electron chi connectivity index (χ3n) is 15.4. The number of unbranched alkanes of at least 4 members (excludes halogenated alkanes) is 39. The van der Waals surface area contributed by atoms with E-state index in [4.69, 9.17) is 14.2 Å². The Kier molecular flexibility index (Phi) is 66.2. The lowest BCUT2D eigenvalue weighted by Crippen LogP contribution is -2.30. The van der Waals surface area contributed by atoms with Crippen LogP contribution in [-0.4, -0.2) is 37.2 Å². The first kappa shape index (κ1) is 77.6. The Bertz CT molecular complexity index is 1530.